The first-order chi connectivity index (χ1) is 20.3. The number of aliphatic hydroxyl groups is 3. The van der Waals surface area contributed by atoms with Crippen molar-refractivity contribution in [2.75, 3.05) is 6.61 Å². The monoisotopic (exact) mass is 617 g/mol. The van der Waals surface area contributed by atoms with E-state index in [2.05, 4.69) is 5.32 Å². The summed E-state index contributed by atoms with van der Waals surface area (Å²) >= 11 is 0.996. The summed E-state index contributed by atoms with van der Waals surface area (Å²) in [5, 5.41) is 41.6. The number of carbonyl (C=O) groups excluding carboxylic acids is 2. The second-order valence-corrected chi connectivity index (χ2v) is 12.6. The molecule has 0 saturated carbocycles. The molecule has 2 fully saturated rings. The van der Waals surface area contributed by atoms with Crippen LogP contribution in [-0.2, 0) is 27.2 Å². The number of carbonyl (C=O) groups is 3. The molecule has 0 bridgehead atoms. The summed E-state index contributed by atoms with van der Waals surface area (Å²) in [7, 11) is 0. The van der Waals surface area contributed by atoms with Gasteiger partial charge in [-0.05, 0) is 81.3 Å². The number of nitrogens with one attached hydrogen (secondary N) is 1. The van der Waals surface area contributed by atoms with E-state index in [9.17, 15) is 34.8 Å². The minimum absolute atomic E-state index is 0.274. The summed E-state index contributed by atoms with van der Waals surface area (Å²) in [6.07, 6.45) is -6.82. The maximum absolute atomic E-state index is 11.8. The van der Waals surface area contributed by atoms with Gasteiger partial charge in [0.1, 0.15) is 47.8 Å². The van der Waals surface area contributed by atoms with Gasteiger partial charge in [-0.2, -0.15) is 0 Å². The number of aliphatic hydroxyl groups excluding tert-OH is 3. The third-order valence-corrected chi connectivity index (χ3v) is 9.25. The van der Waals surface area contributed by atoms with E-state index in [1.54, 1.807) is 0 Å². The van der Waals surface area contributed by atoms with E-state index in [0.717, 1.165) is 34.0 Å². The Balaban J connectivity index is 1.27. The van der Waals surface area contributed by atoms with E-state index < -0.39 is 47.5 Å². The molecular formula is C30H35NO11S. The first-order valence-corrected chi connectivity index (χ1v) is 14.8. The fourth-order valence-electron chi connectivity index (χ4n) is 5.52. The topological polar surface area (TPSA) is 181 Å². The van der Waals surface area contributed by atoms with Crippen molar-refractivity contribution in [3.63, 3.8) is 0 Å². The molecule has 232 valence electrons. The van der Waals surface area contributed by atoms with Crippen LogP contribution in [0.15, 0.2) is 24.3 Å². The van der Waals surface area contributed by atoms with Crippen LogP contribution in [0, 0.1) is 20.8 Å². The summed E-state index contributed by atoms with van der Waals surface area (Å²) in [5.74, 6) is -0.0363. The number of rotatable bonds is 8. The number of imide groups is 1. The fourth-order valence-corrected chi connectivity index (χ4v) is 6.38. The summed E-state index contributed by atoms with van der Waals surface area (Å²) in [6, 6.07) is 7.39. The third kappa shape index (κ3) is 6.18. The molecule has 2 saturated heterocycles. The van der Waals surface area contributed by atoms with Gasteiger partial charge in [0.2, 0.25) is 12.2 Å². The van der Waals surface area contributed by atoms with Crippen molar-refractivity contribution in [3.05, 3.63) is 52.1 Å². The molecule has 13 heteroatoms. The van der Waals surface area contributed by atoms with Crippen molar-refractivity contribution in [2.24, 2.45) is 0 Å². The molecule has 2 aromatic carbocycles. The van der Waals surface area contributed by atoms with Crippen molar-refractivity contribution in [3.8, 4) is 17.2 Å². The van der Waals surface area contributed by atoms with Crippen molar-refractivity contribution in [1.29, 1.82) is 0 Å². The first-order valence-electron chi connectivity index (χ1n) is 13.9. The van der Waals surface area contributed by atoms with Gasteiger partial charge in [0.15, 0.2) is 6.10 Å². The molecule has 0 aliphatic carbocycles. The number of hydrogen-bond donors (Lipinski definition) is 5. The van der Waals surface area contributed by atoms with E-state index in [0.29, 0.717) is 42.1 Å². The van der Waals surface area contributed by atoms with Gasteiger partial charge in [0.25, 0.3) is 5.24 Å². The maximum atomic E-state index is 11.8. The highest BCUT2D eigenvalue weighted by Crippen LogP contribution is 2.44. The predicted molar refractivity (Wildman–Crippen MR) is 154 cm³/mol. The number of carboxylic acid groups (broad SMARTS) is 1. The van der Waals surface area contributed by atoms with Gasteiger partial charge < -0.3 is 39.4 Å². The van der Waals surface area contributed by atoms with Gasteiger partial charge in [-0.15, -0.1) is 0 Å². The molecule has 2 unspecified atom stereocenters. The Hall–Kier alpha value is -3.36. The van der Waals surface area contributed by atoms with Crippen LogP contribution in [-0.4, -0.2) is 85.7 Å². The van der Waals surface area contributed by atoms with Crippen LogP contribution in [0.3, 0.4) is 0 Å². The molecule has 2 aromatic rings. The molecule has 3 aliphatic rings. The van der Waals surface area contributed by atoms with Crippen molar-refractivity contribution in [2.45, 2.75) is 88.5 Å². The van der Waals surface area contributed by atoms with Crippen LogP contribution in [0.1, 0.15) is 41.2 Å². The molecule has 2 amide bonds. The lowest BCUT2D eigenvalue weighted by atomic mass is 9.87. The number of hydrogen-bond acceptors (Lipinski definition) is 11. The third-order valence-electron chi connectivity index (χ3n) is 8.27. The van der Waals surface area contributed by atoms with Crippen LogP contribution in [0.5, 0.6) is 17.2 Å². The molecule has 0 spiro atoms. The average Bonchev–Trinajstić information content (AvgIpc) is 3.29. The maximum Gasteiger partial charge on any atom is 0.335 e. The van der Waals surface area contributed by atoms with E-state index >= 15 is 0 Å². The number of fused-ring (bicyclic) bond motifs is 1. The summed E-state index contributed by atoms with van der Waals surface area (Å²) < 4.78 is 23.9. The number of benzene rings is 2. The predicted octanol–water partition coefficient (Wildman–Crippen LogP) is 1.94. The smallest absolute Gasteiger partial charge is 0.335 e. The molecule has 0 aromatic heterocycles. The van der Waals surface area contributed by atoms with E-state index in [4.69, 9.17) is 18.9 Å². The highest BCUT2D eigenvalue weighted by atomic mass is 32.2. The second-order valence-electron chi connectivity index (χ2n) is 11.4. The Morgan fingerprint density at radius 2 is 1.74 bits per heavy atom. The van der Waals surface area contributed by atoms with Gasteiger partial charge in [-0.1, -0.05) is 23.9 Å². The lowest BCUT2D eigenvalue weighted by Crippen LogP contribution is -2.61. The minimum Gasteiger partial charge on any atom is -0.489 e. The Labute approximate surface area is 252 Å². The van der Waals surface area contributed by atoms with Crippen molar-refractivity contribution >= 4 is 28.9 Å². The number of aliphatic carboxylic acids is 1. The molecule has 3 heterocycles. The quantitative estimate of drug-likeness (QED) is 0.291. The lowest BCUT2D eigenvalue weighted by molar-refractivity contribution is -0.271. The minimum atomic E-state index is -1.81. The zero-order chi connectivity index (χ0) is 31.2. The highest BCUT2D eigenvalue weighted by Gasteiger charge is 2.48. The van der Waals surface area contributed by atoms with Crippen LogP contribution in [0.4, 0.5) is 4.79 Å². The number of amides is 2. The number of ether oxygens (including phenoxy) is 4. The van der Waals surface area contributed by atoms with Crippen molar-refractivity contribution in [1.82, 2.24) is 5.32 Å². The van der Waals surface area contributed by atoms with E-state index in [1.165, 1.54) is 0 Å². The molecular weight excluding hydrogens is 582 g/mol. The molecule has 43 heavy (non-hydrogen) atoms. The van der Waals surface area contributed by atoms with Gasteiger partial charge in [0, 0.05) is 5.56 Å². The van der Waals surface area contributed by atoms with Gasteiger partial charge >= 0.3 is 5.97 Å². The normalized spacial score (nSPS) is 30.3. The molecule has 5 rings (SSSR count). The zero-order valence-corrected chi connectivity index (χ0v) is 25.0. The largest absolute Gasteiger partial charge is 0.489 e. The molecule has 5 N–H and O–H groups in total. The van der Waals surface area contributed by atoms with Gasteiger partial charge in [0.05, 0.1) is 5.25 Å². The Kier molecular flexibility index (Phi) is 8.65. The molecule has 3 aliphatic heterocycles. The average molecular weight is 618 g/mol. The summed E-state index contributed by atoms with van der Waals surface area (Å²) in [5.41, 5.74) is 3.38. The SMILES string of the molecule is Cc1c(C)c2c(c(C)c1O[C@@H]1O[C@H](C(=O)O)[C@@H](O)[C@H](O)[C@H]1O)CCC(C)(COc1ccc(CC3SC(=O)NC3=O)cc1)O2. The standard InChI is InChI=1S/C30H35NO11S/c1-13-14(2)24-18(15(3)23(13)40-28-22(34)20(32)21(33)25(41-28)27(36)37)9-10-30(4,42-24)12-39-17-7-5-16(6-8-17)11-19-26(35)31-29(38)43-19/h5-8,19-22,25,28,32-34H,9-12H2,1-4H3,(H,36,37)(H,31,35,38)/t19?,20-,21-,22+,25-,28+,30?/m0/s1. The van der Waals surface area contributed by atoms with Gasteiger partial charge in [-0.25, -0.2) is 4.79 Å². The highest BCUT2D eigenvalue weighted by molar-refractivity contribution is 8.15. The van der Waals surface area contributed by atoms with Crippen molar-refractivity contribution < 1.29 is 53.8 Å². The lowest BCUT2D eigenvalue weighted by Gasteiger charge is -2.40. The molecule has 0 radical (unpaired) electrons. The Morgan fingerprint density at radius 3 is 2.37 bits per heavy atom. The van der Waals surface area contributed by atoms with Crippen LogP contribution in [0.25, 0.3) is 0 Å². The Bertz CT molecular complexity index is 1430. The first kappa shape index (κ1) is 31.1. The summed E-state index contributed by atoms with van der Waals surface area (Å²) in [6.45, 7) is 7.76. The zero-order valence-electron chi connectivity index (χ0n) is 24.2. The summed E-state index contributed by atoms with van der Waals surface area (Å²) in [4.78, 5) is 34.8. The van der Waals surface area contributed by atoms with E-state index in [-0.39, 0.29) is 17.8 Å². The second kappa shape index (κ2) is 12.0. The van der Waals surface area contributed by atoms with Crippen LogP contribution < -0.4 is 19.5 Å². The van der Waals surface area contributed by atoms with Crippen LogP contribution in [0.2, 0.25) is 0 Å². The van der Waals surface area contributed by atoms with Gasteiger partial charge in [-0.3, -0.25) is 14.9 Å². The Morgan fingerprint density at radius 1 is 1.05 bits per heavy atom. The van der Waals surface area contributed by atoms with E-state index in [1.807, 2.05) is 52.0 Å². The number of carboxylic acids is 1. The molecule has 12 nitrogen and oxygen atoms in total. The van der Waals surface area contributed by atoms with Crippen LogP contribution >= 0.6 is 11.8 Å². The molecule has 7 atom stereocenters. The fraction of sp³-hybridized carbons (Fsp3) is 0.500. The number of thioether (sulfide) groups is 1.